The summed E-state index contributed by atoms with van der Waals surface area (Å²) in [6.07, 6.45) is -1.14. The number of carbonyl (C=O) groups excluding carboxylic acids is 2. The third-order valence-electron chi connectivity index (χ3n) is 4.48. The maximum absolute atomic E-state index is 12.7. The van der Waals surface area contributed by atoms with E-state index in [1.165, 1.54) is 24.3 Å². The first-order valence-electron chi connectivity index (χ1n) is 10.3. The van der Waals surface area contributed by atoms with Crippen molar-refractivity contribution in [2.45, 2.75) is 63.8 Å². The van der Waals surface area contributed by atoms with Crippen LogP contribution >= 0.6 is 0 Å². The van der Waals surface area contributed by atoms with Crippen LogP contribution in [0, 0.1) is 0 Å². The normalized spacial score (nSPS) is 12.5. The highest BCUT2D eigenvalue weighted by molar-refractivity contribution is 5.96. The van der Waals surface area contributed by atoms with E-state index in [1.54, 1.807) is 0 Å². The van der Waals surface area contributed by atoms with E-state index in [-0.39, 0.29) is 18.6 Å². The van der Waals surface area contributed by atoms with Crippen LogP contribution in [0.5, 0.6) is 5.75 Å². The number of nitrogens with one attached hydrogen (secondary N) is 2. The minimum Gasteiger partial charge on any atom is -0.481 e. The summed E-state index contributed by atoms with van der Waals surface area (Å²) in [5, 5.41) is 31.6. The van der Waals surface area contributed by atoms with Crippen molar-refractivity contribution >= 4 is 29.7 Å². The van der Waals surface area contributed by atoms with Gasteiger partial charge in [0.2, 0.25) is 11.8 Å². The smallest absolute Gasteiger partial charge is 0.356 e. The Hall–Kier alpha value is -3.67. The summed E-state index contributed by atoms with van der Waals surface area (Å²) in [6, 6.07) is 4.59. The van der Waals surface area contributed by atoms with Crippen LogP contribution in [0.2, 0.25) is 0 Å². The predicted molar refractivity (Wildman–Crippen MR) is 114 cm³/mol. The molecule has 182 valence electrons. The Labute approximate surface area is 190 Å². The summed E-state index contributed by atoms with van der Waals surface area (Å²) in [6.45, 7) is 1.97. The molecule has 33 heavy (non-hydrogen) atoms. The Morgan fingerprint density at radius 1 is 0.970 bits per heavy atom. The summed E-state index contributed by atoms with van der Waals surface area (Å²) in [5.74, 6) is -5.64. The van der Waals surface area contributed by atoms with Crippen LogP contribution in [0.25, 0.3) is 0 Å². The maximum Gasteiger partial charge on any atom is 0.356 e. The number of benzene rings is 1. The summed E-state index contributed by atoms with van der Waals surface area (Å²) < 4.78 is 4.93. The molecule has 12 heteroatoms. The number of rotatable bonds is 15. The minimum atomic E-state index is -2.08. The van der Waals surface area contributed by atoms with E-state index < -0.39 is 54.5 Å². The molecule has 0 heterocycles. The molecule has 0 aliphatic rings. The minimum absolute atomic E-state index is 0.0124. The maximum atomic E-state index is 12.7. The Kier molecular flexibility index (Phi) is 11.3. The van der Waals surface area contributed by atoms with E-state index in [1.807, 2.05) is 6.92 Å². The molecule has 7 N–H and O–H groups in total. The van der Waals surface area contributed by atoms with Crippen molar-refractivity contribution in [3.8, 4) is 5.75 Å². The van der Waals surface area contributed by atoms with E-state index in [0.29, 0.717) is 12.0 Å². The summed E-state index contributed by atoms with van der Waals surface area (Å²) in [4.78, 5) is 57.4. The van der Waals surface area contributed by atoms with Crippen LogP contribution in [0.4, 0.5) is 0 Å². The number of hydrogen-bond donors (Lipinski definition) is 6. The highest BCUT2D eigenvalue weighted by Crippen LogP contribution is 2.16. The molecule has 1 aromatic rings. The van der Waals surface area contributed by atoms with Crippen molar-refractivity contribution < 1.29 is 44.0 Å². The number of ether oxygens (including phenoxy) is 1. The number of nitrogens with two attached hydrogens (primary N) is 1. The van der Waals surface area contributed by atoms with Gasteiger partial charge in [-0.15, -0.1) is 0 Å². The van der Waals surface area contributed by atoms with Crippen LogP contribution in [-0.4, -0.2) is 63.4 Å². The molecule has 1 aromatic carbocycles. The number of unbranched alkanes of at least 4 members (excludes halogenated alkanes) is 1. The standard InChI is InChI=1S/C21H29N3O9/c1-2-3-4-15(22)24-19(28)14(23-16(25)9-10-17(26)27)11-12-5-7-13(8-6-12)33-18(20(29)30)21(31)32/h5-8,14-15,18H,2-4,9-11,22H2,1H3,(H,23,25)(H,24,28)(H,26,27)(H,29,30)(H,31,32)/t14-,15+/m0/s1. The van der Waals surface area contributed by atoms with Gasteiger partial charge in [-0.1, -0.05) is 31.9 Å². The van der Waals surface area contributed by atoms with Crippen LogP contribution < -0.4 is 21.1 Å². The molecule has 12 nitrogen and oxygen atoms in total. The Morgan fingerprint density at radius 3 is 2.09 bits per heavy atom. The zero-order valence-corrected chi connectivity index (χ0v) is 18.2. The molecule has 0 radical (unpaired) electrons. The van der Waals surface area contributed by atoms with Gasteiger partial charge in [-0.25, -0.2) is 9.59 Å². The van der Waals surface area contributed by atoms with Crippen LogP contribution in [0.1, 0.15) is 44.6 Å². The zero-order chi connectivity index (χ0) is 25.0. The third kappa shape index (κ3) is 10.5. The van der Waals surface area contributed by atoms with E-state index in [2.05, 4.69) is 10.6 Å². The average molecular weight is 467 g/mol. The average Bonchev–Trinajstić information content (AvgIpc) is 2.74. The molecule has 0 aliphatic carbocycles. The Bertz CT molecular complexity index is 828. The Balaban J connectivity index is 2.91. The van der Waals surface area contributed by atoms with E-state index in [9.17, 15) is 24.0 Å². The lowest BCUT2D eigenvalue weighted by atomic mass is 10.0. The second-order valence-corrected chi connectivity index (χ2v) is 7.29. The van der Waals surface area contributed by atoms with Gasteiger partial charge in [0.15, 0.2) is 0 Å². The second kappa shape index (κ2) is 13.7. The van der Waals surface area contributed by atoms with Gasteiger partial charge in [-0.05, 0) is 24.1 Å². The lowest BCUT2D eigenvalue weighted by Gasteiger charge is -2.21. The van der Waals surface area contributed by atoms with Gasteiger partial charge in [-0.2, -0.15) is 0 Å². The molecule has 0 aliphatic heterocycles. The Morgan fingerprint density at radius 2 is 1.58 bits per heavy atom. The van der Waals surface area contributed by atoms with Crippen LogP contribution in [-0.2, 0) is 30.4 Å². The lowest BCUT2D eigenvalue weighted by Crippen LogP contribution is -2.52. The second-order valence-electron chi connectivity index (χ2n) is 7.29. The lowest BCUT2D eigenvalue weighted by molar-refractivity contribution is -0.159. The molecule has 0 fully saturated rings. The van der Waals surface area contributed by atoms with Crippen LogP contribution in [0.3, 0.4) is 0 Å². The van der Waals surface area contributed by atoms with Gasteiger partial charge in [0.05, 0.1) is 12.6 Å². The van der Waals surface area contributed by atoms with E-state index >= 15 is 0 Å². The predicted octanol–water partition coefficient (Wildman–Crippen LogP) is 0.0865. The molecule has 0 bridgehead atoms. The first kappa shape index (κ1) is 27.4. The van der Waals surface area contributed by atoms with Gasteiger partial charge in [0.25, 0.3) is 6.10 Å². The fourth-order valence-corrected chi connectivity index (χ4v) is 2.76. The van der Waals surface area contributed by atoms with Crippen LogP contribution in [0.15, 0.2) is 24.3 Å². The number of carbonyl (C=O) groups is 5. The molecule has 2 atom stereocenters. The highest BCUT2D eigenvalue weighted by atomic mass is 16.5. The van der Waals surface area contributed by atoms with Gasteiger partial charge < -0.3 is 36.4 Å². The van der Waals surface area contributed by atoms with Gasteiger partial charge >= 0.3 is 17.9 Å². The largest absolute Gasteiger partial charge is 0.481 e. The van der Waals surface area contributed by atoms with E-state index in [0.717, 1.165) is 12.8 Å². The van der Waals surface area contributed by atoms with Crippen molar-refractivity contribution in [3.63, 3.8) is 0 Å². The molecule has 1 rings (SSSR count). The summed E-state index contributed by atoms with van der Waals surface area (Å²) in [5.41, 5.74) is 6.45. The first-order chi connectivity index (χ1) is 15.5. The summed E-state index contributed by atoms with van der Waals surface area (Å²) in [7, 11) is 0. The number of carboxylic acids is 3. The molecule has 0 saturated heterocycles. The van der Waals surface area contributed by atoms with Gasteiger partial charge in [0, 0.05) is 12.8 Å². The summed E-state index contributed by atoms with van der Waals surface area (Å²) >= 11 is 0. The van der Waals surface area contributed by atoms with Crippen molar-refractivity contribution in [3.05, 3.63) is 29.8 Å². The van der Waals surface area contributed by atoms with Gasteiger partial charge in [-0.3, -0.25) is 14.4 Å². The highest BCUT2D eigenvalue weighted by Gasteiger charge is 2.28. The number of amides is 2. The molecule has 0 unspecified atom stereocenters. The SMILES string of the molecule is CCCC[C@H](N)NC(=O)[C@H](Cc1ccc(OC(C(=O)O)C(=O)O)cc1)NC(=O)CCC(=O)O. The number of carboxylic acid groups (broad SMARTS) is 3. The van der Waals surface area contributed by atoms with Crippen molar-refractivity contribution in [1.82, 2.24) is 10.6 Å². The number of hydrogen-bond acceptors (Lipinski definition) is 7. The van der Waals surface area contributed by atoms with Crippen molar-refractivity contribution in [1.29, 1.82) is 0 Å². The van der Waals surface area contributed by atoms with Crippen molar-refractivity contribution in [2.24, 2.45) is 5.73 Å². The quantitative estimate of drug-likeness (QED) is 0.151. The molecule has 0 aromatic heterocycles. The van der Waals surface area contributed by atoms with Gasteiger partial charge in [0.1, 0.15) is 11.8 Å². The molecule has 0 spiro atoms. The van der Waals surface area contributed by atoms with E-state index in [4.69, 9.17) is 25.8 Å². The molecule has 2 amide bonds. The molecular weight excluding hydrogens is 438 g/mol. The number of aliphatic carboxylic acids is 3. The topological polar surface area (TPSA) is 205 Å². The monoisotopic (exact) mass is 467 g/mol. The zero-order valence-electron chi connectivity index (χ0n) is 18.2. The fraction of sp³-hybridized carbons (Fsp3) is 0.476. The molecule has 0 saturated carbocycles. The van der Waals surface area contributed by atoms with Crippen molar-refractivity contribution in [2.75, 3.05) is 0 Å². The third-order valence-corrected chi connectivity index (χ3v) is 4.48. The fourth-order valence-electron chi connectivity index (χ4n) is 2.76. The first-order valence-corrected chi connectivity index (χ1v) is 10.3. The molecular formula is C21H29N3O9.